The van der Waals surface area contributed by atoms with Crippen LogP contribution in [0.25, 0.3) is 0 Å². The first kappa shape index (κ1) is 10.3. The smallest absolute Gasteiger partial charge is 0.241 e. The maximum absolute atomic E-state index is 11.0. The molecule has 0 saturated carbocycles. The van der Waals surface area contributed by atoms with E-state index in [0.717, 1.165) is 6.07 Å². The van der Waals surface area contributed by atoms with E-state index in [1.807, 2.05) is 0 Å². The third kappa shape index (κ3) is 1.77. The van der Waals surface area contributed by atoms with Gasteiger partial charge in [-0.15, -0.1) is 0 Å². The molecule has 6 N–H and O–H groups in total. The minimum absolute atomic E-state index is 0.169. The van der Waals surface area contributed by atoms with Crippen molar-refractivity contribution in [3.05, 3.63) is 23.8 Å². The Morgan fingerprint density at radius 3 is 2.07 bits per heavy atom. The van der Waals surface area contributed by atoms with E-state index in [4.69, 9.17) is 11.5 Å². The van der Waals surface area contributed by atoms with Crippen LogP contribution in [0.4, 0.5) is 0 Å². The number of benzene rings is 1. The standard InChI is InChI=1S/C9H12N2O3/c1-9(11,8(10)14)5-2-6(12)4-7(13)3-5/h2-4,12-13H,11H2,1H3,(H2,10,14). The van der Waals surface area contributed by atoms with E-state index in [9.17, 15) is 15.0 Å². The molecule has 1 aromatic carbocycles. The van der Waals surface area contributed by atoms with Gasteiger partial charge in [0.15, 0.2) is 0 Å². The van der Waals surface area contributed by atoms with Gasteiger partial charge in [0.2, 0.25) is 5.91 Å². The molecule has 1 amide bonds. The molecule has 0 aliphatic carbocycles. The largest absolute Gasteiger partial charge is 0.508 e. The molecule has 0 aromatic heterocycles. The average Bonchev–Trinajstić information content (AvgIpc) is 2.01. The summed E-state index contributed by atoms with van der Waals surface area (Å²) in [5.74, 6) is -1.07. The Bertz CT molecular complexity index is 354. The first-order chi connectivity index (χ1) is 6.34. The molecule has 1 unspecified atom stereocenters. The first-order valence-corrected chi connectivity index (χ1v) is 3.96. The molecule has 5 heteroatoms. The Kier molecular flexibility index (Phi) is 2.35. The molecule has 0 spiro atoms. The summed E-state index contributed by atoms with van der Waals surface area (Å²) < 4.78 is 0. The predicted octanol–water partition coefficient (Wildman–Crippen LogP) is -0.243. The molecule has 0 aliphatic heterocycles. The van der Waals surface area contributed by atoms with Crippen LogP contribution >= 0.6 is 0 Å². The van der Waals surface area contributed by atoms with Gasteiger partial charge in [0.05, 0.1) is 0 Å². The van der Waals surface area contributed by atoms with Crippen molar-refractivity contribution in [2.24, 2.45) is 11.5 Å². The molecular formula is C9H12N2O3. The number of rotatable bonds is 2. The zero-order valence-electron chi connectivity index (χ0n) is 7.69. The van der Waals surface area contributed by atoms with Crippen molar-refractivity contribution in [3.63, 3.8) is 0 Å². The second-order valence-electron chi connectivity index (χ2n) is 3.30. The highest BCUT2D eigenvalue weighted by atomic mass is 16.3. The van der Waals surface area contributed by atoms with E-state index in [-0.39, 0.29) is 17.1 Å². The summed E-state index contributed by atoms with van der Waals surface area (Å²) >= 11 is 0. The lowest BCUT2D eigenvalue weighted by Crippen LogP contribution is -2.46. The molecule has 0 radical (unpaired) electrons. The van der Waals surface area contributed by atoms with Gasteiger partial charge in [-0.05, 0) is 24.6 Å². The Balaban J connectivity index is 3.25. The van der Waals surface area contributed by atoms with Gasteiger partial charge in [-0.1, -0.05) is 0 Å². The van der Waals surface area contributed by atoms with Crippen LogP contribution in [0, 0.1) is 0 Å². The van der Waals surface area contributed by atoms with E-state index < -0.39 is 11.4 Å². The van der Waals surface area contributed by atoms with Gasteiger partial charge in [0.25, 0.3) is 0 Å². The molecule has 0 heterocycles. The van der Waals surface area contributed by atoms with Crippen molar-refractivity contribution >= 4 is 5.91 Å². The van der Waals surface area contributed by atoms with Crippen LogP contribution in [0.5, 0.6) is 11.5 Å². The van der Waals surface area contributed by atoms with E-state index >= 15 is 0 Å². The lowest BCUT2D eigenvalue weighted by molar-refractivity contribution is -0.122. The lowest BCUT2D eigenvalue weighted by atomic mass is 9.92. The fourth-order valence-electron chi connectivity index (χ4n) is 1.04. The van der Waals surface area contributed by atoms with Crippen LogP contribution in [-0.2, 0) is 10.3 Å². The summed E-state index contributed by atoms with van der Waals surface area (Å²) in [6, 6.07) is 3.70. The fourth-order valence-corrected chi connectivity index (χ4v) is 1.04. The average molecular weight is 196 g/mol. The van der Waals surface area contributed by atoms with E-state index in [0.29, 0.717) is 0 Å². The van der Waals surface area contributed by atoms with E-state index in [1.165, 1.54) is 19.1 Å². The number of carbonyl (C=O) groups excluding carboxylic acids is 1. The van der Waals surface area contributed by atoms with Gasteiger partial charge < -0.3 is 21.7 Å². The minimum Gasteiger partial charge on any atom is -0.508 e. The molecule has 1 aromatic rings. The van der Waals surface area contributed by atoms with E-state index in [2.05, 4.69) is 0 Å². The van der Waals surface area contributed by atoms with Crippen molar-refractivity contribution in [2.75, 3.05) is 0 Å². The van der Waals surface area contributed by atoms with E-state index in [1.54, 1.807) is 0 Å². The topological polar surface area (TPSA) is 110 Å². The highest BCUT2D eigenvalue weighted by molar-refractivity contribution is 5.85. The SMILES string of the molecule is CC(N)(C(N)=O)c1cc(O)cc(O)c1. The number of phenolic OH excluding ortho intramolecular Hbond substituents is 2. The molecule has 1 atom stereocenters. The lowest BCUT2D eigenvalue weighted by Gasteiger charge is -2.21. The summed E-state index contributed by atoms with van der Waals surface area (Å²) in [6.07, 6.45) is 0. The maximum atomic E-state index is 11.0. The number of aromatic hydroxyl groups is 2. The second-order valence-corrected chi connectivity index (χ2v) is 3.30. The first-order valence-electron chi connectivity index (χ1n) is 3.96. The van der Waals surface area contributed by atoms with Crippen molar-refractivity contribution in [1.29, 1.82) is 0 Å². The number of amides is 1. The van der Waals surface area contributed by atoms with Crippen molar-refractivity contribution in [2.45, 2.75) is 12.5 Å². The number of hydrogen-bond acceptors (Lipinski definition) is 4. The minimum atomic E-state index is -1.41. The number of carbonyl (C=O) groups is 1. The van der Waals surface area contributed by atoms with Gasteiger partial charge in [-0.3, -0.25) is 4.79 Å². The highest BCUT2D eigenvalue weighted by Gasteiger charge is 2.28. The molecule has 76 valence electrons. The van der Waals surface area contributed by atoms with Crippen LogP contribution in [0.15, 0.2) is 18.2 Å². The number of hydrogen-bond donors (Lipinski definition) is 4. The highest BCUT2D eigenvalue weighted by Crippen LogP contribution is 2.26. The molecule has 5 nitrogen and oxygen atoms in total. The molecule has 14 heavy (non-hydrogen) atoms. The molecule has 0 fully saturated rings. The molecule has 1 rings (SSSR count). The predicted molar refractivity (Wildman–Crippen MR) is 50.5 cm³/mol. The normalized spacial score (nSPS) is 14.7. The van der Waals surface area contributed by atoms with Gasteiger partial charge >= 0.3 is 0 Å². The number of primary amides is 1. The summed E-state index contributed by atoms with van der Waals surface area (Å²) in [5, 5.41) is 18.3. The van der Waals surface area contributed by atoms with Crippen LogP contribution in [-0.4, -0.2) is 16.1 Å². The molecule has 0 bridgehead atoms. The van der Waals surface area contributed by atoms with Crippen molar-refractivity contribution in [1.82, 2.24) is 0 Å². The fraction of sp³-hybridized carbons (Fsp3) is 0.222. The summed E-state index contributed by atoms with van der Waals surface area (Å²) in [5.41, 5.74) is 9.56. The quantitative estimate of drug-likeness (QED) is 0.523. The van der Waals surface area contributed by atoms with Crippen LogP contribution in [0.3, 0.4) is 0 Å². The molecule has 0 aliphatic rings. The zero-order chi connectivity index (χ0) is 10.9. The third-order valence-electron chi connectivity index (χ3n) is 2.01. The van der Waals surface area contributed by atoms with Crippen molar-refractivity contribution in [3.8, 4) is 11.5 Å². The van der Waals surface area contributed by atoms with Crippen LogP contribution in [0.1, 0.15) is 12.5 Å². The van der Waals surface area contributed by atoms with Crippen LogP contribution < -0.4 is 11.5 Å². The molecule has 0 saturated heterocycles. The maximum Gasteiger partial charge on any atom is 0.241 e. The monoisotopic (exact) mass is 196 g/mol. The van der Waals surface area contributed by atoms with Crippen LogP contribution in [0.2, 0.25) is 0 Å². The van der Waals surface area contributed by atoms with Gasteiger partial charge in [0.1, 0.15) is 17.0 Å². The summed E-state index contributed by atoms with van der Waals surface area (Å²) in [4.78, 5) is 11.0. The Hall–Kier alpha value is -1.75. The van der Waals surface area contributed by atoms with Gasteiger partial charge in [0, 0.05) is 6.07 Å². The Morgan fingerprint density at radius 2 is 1.71 bits per heavy atom. The number of nitrogens with two attached hydrogens (primary N) is 2. The van der Waals surface area contributed by atoms with Gasteiger partial charge in [-0.2, -0.15) is 0 Å². The Morgan fingerprint density at radius 1 is 1.29 bits per heavy atom. The third-order valence-corrected chi connectivity index (χ3v) is 2.01. The Labute approximate surface area is 81.0 Å². The van der Waals surface area contributed by atoms with Crippen molar-refractivity contribution < 1.29 is 15.0 Å². The summed E-state index contributed by atoms with van der Waals surface area (Å²) in [6.45, 7) is 1.41. The molecular weight excluding hydrogens is 184 g/mol. The van der Waals surface area contributed by atoms with Gasteiger partial charge in [-0.25, -0.2) is 0 Å². The number of phenols is 2. The zero-order valence-corrected chi connectivity index (χ0v) is 7.69. The second kappa shape index (κ2) is 3.19. The summed E-state index contributed by atoms with van der Waals surface area (Å²) in [7, 11) is 0.